The molecule has 0 spiro atoms. The van der Waals surface area contributed by atoms with Gasteiger partial charge in [0.05, 0.1) is 22.9 Å². The molecule has 1 aliphatic rings. The van der Waals surface area contributed by atoms with E-state index in [1.807, 2.05) is 29.8 Å². The Hall–Kier alpha value is -2.35. The van der Waals surface area contributed by atoms with Crippen molar-refractivity contribution < 1.29 is 4.79 Å². The van der Waals surface area contributed by atoms with E-state index < -0.39 is 0 Å². The van der Waals surface area contributed by atoms with Crippen molar-refractivity contribution in [1.82, 2.24) is 19.3 Å². The first-order chi connectivity index (χ1) is 12.5. The minimum atomic E-state index is -0.0878. The van der Waals surface area contributed by atoms with Crippen LogP contribution in [-0.2, 0) is 11.8 Å². The van der Waals surface area contributed by atoms with Crippen molar-refractivity contribution in [2.24, 2.45) is 13.0 Å². The number of amides is 1. The van der Waals surface area contributed by atoms with Gasteiger partial charge in [0.25, 0.3) is 0 Å². The van der Waals surface area contributed by atoms with E-state index in [4.69, 9.17) is 0 Å². The van der Waals surface area contributed by atoms with E-state index in [0.717, 1.165) is 46.9 Å². The molecule has 136 valence electrons. The Kier molecular flexibility index (Phi) is 4.44. The predicted molar refractivity (Wildman–Crippen MR) is 103 cm³/mol. The molecule has 8 heteroatoms. The van der Waals surface area contributed by atoms with Gasteiger partial charge in [-0.05, 0) is 53.7 Å². The predicted octanol–water partition coefficient (Wildman–Crippen LogP) is 3.20. The molecule has 1 amide bonds. The first-order valence-corrected chi connectivity index (χ1v) is 9.50. The molecule has 2 aromatic heterocycles. The largest absolute Gasteiger partial charge is 0.326 e. The van der Waals surface area contributed by atoms with Gasteiger partial charge in [-0.2, -0.15) is 5.10 Å². The lowest BCUT2D eigenvalue weighted by Gasteiger charge is -2.28. The maximum atomic E-state index is 12.5. The van der Waals surface area contributed by atoms with Crippen LogP contribution in [0.3, 0.4) is 0 Å². The number of hydrogen-bond acceptors (Lipinski definition) is 3. The van der Waals surface area contributed by atoms with E-state index in [0.29, 0.717) is 0 Å². The molecule has 0 aliphatic heterocycles. The summed E-state index contributed by atoms with van der Waals surface area (Å²) in [6.45, 7) is 0. The summed E-state index contributed by atoms with van der Waals surface area (Å²) < 4.78 is 4.39. The number of halogens is 1. The number of nitrogens with zero attached hydrogens (tertiary/aromatic N) is 3. The lowest BCUT2D eigenvalue weighted by molar-refractivity contribution is -0.121. The van der Waals surface area contributed by atoms with Gasteiger partial charge in [0.15, 0.2) is 0 Å². The lowest BCUT2D eigenvalue weighted by Crippen LogP contribution is -2.30. The Morgan fingerprint density at radius 1 is 1.31 bits per heavy atom. The number of carbonyl (C=O) groups excluding carboxylic acids is 1. The molecule has 1 fully saturated rings. The Labute approximate surface area is 158 Å². The first-order valence-electron chi connectivity index (χ1n) is 8.71. The van der Waals surface area contributed by atoms with E-state index >= 15 is 0 Å². The van der Waals surface area contributed by atoms with Crippen molar-refractivity contribution in [1.29, 1.82) is 0 Å². The summed E-state index contributed by atoms with van der Waals surface area (Å²) in [6, 6.07) is 5.93. The third-order valence-corrected chi connectivity index (χ3v) is 5.77. The molecule has 2 N–H and O–H groups in total. The van der Waals surface area contributed by atoms with E-state index in [2.05, 4.69) is 31.3 Å². The standard InChI is InChI=1S/C18H20BrN5O2/c1-23-10-12(9-20-23)21-17(25)11-5-7-13(8-6-11)24-15-4-2-3-14(19)16(15)22-18(24)26/h2-4,9-11,13H,5-8H2,1H3,(H,21,25)(H,22,26). The molecule has 4 rings (SSSR count). The molecule has 0 saturated heterocycles. The Bertz CT molecular complexity index is 1010. The molecule has 7 nitrogen and oxygen atoms in total. The zero-order valence-electron chi connectivity index (χ0n) is 14.4. The number of carbonyl (C=O) groups is 1. The maximum Gasteiger partial charge on any atom is 0.326 e. The number of para-hydroxylation sites is 1. The van der Waals surface area contributed by atoms with Crippen LogP contribution in [0, 0.1) is 5.92 Å². The maximum absolute atomic E-state index is 12.5. The highest BCUT2D eigenvalue weighted by Crippen LogP contribution is 2.34. The van der Waals surface area contributed by atoms with Crippen LogP contribution in [0.15, 0.2) is 39.9 Å². The topological polar surface area (TPSA) is 84.7 Å². The van der Waals surface area contributed by atoms with Crippen LogP contribution < -0.4 is 11.0 Å². The normalized spacial score (nSPS) is 20.4. The summed E-state index contributed by atoms with van der Waals surface area (Å²) in [5, 5.41) is 6.99. The minimum Gasteiger partial charge on any atom is -0.323 e. The number of benzene rings is 1. The van der Waals surface area contributed by atoms with Gasteiger partial charge < -0.3 is 10.3 Å². The SMILES string of the molecule is Cn1cc(NC(=O)C2CCC(n3c(=O)[nH]c4c(Br)cccc43)CC2)cn1. The van der Waals surface area contributed by atoms with Crippen molar-refractivity contribution in [3.8, 4) is 0 Å². The average Bonchev–Trinajstić information content (AvgIpc) is 3.18. The zero-order chi connectivity index (χ0) is 18.3. The Balaban J connectivity index is 1.47. The quantitative estimate of drug-likeness (QED) is 0.685. The number of fused-ring (bicyclic) bond motifs is 1. The summed E-state index contributed by atoms with van der Waals surface area (Å²) in [6.07, 6.45) is 6.59. The Morgan fingerprint density at radius 3 is 2.77 bits per heavy atom. The number of rotatable bonds is 3. The van der Waals surface area contributed by atoms with Gasteiger partial charge in [-0.25, -0.2) is 4.79 Å². The molecule has 26 heavy (non-hydrogen) atoms. The van der Waals surface area contributed by atoms with Crippen LogP contribution >= 0.6 is 15.9 Å². The Morgan fingerprint density at radius 2 is 2.08 bits per heavy atom. The van der Waals surface area contributed by atoms with Gasteiger partial charge in [0.2, 0.25) is 5.91 Å². The number of anilines is 1. The minimum absolute atomic E-state index is 0.0286. The molecule has 0 unspecified atom stereocenters. The fourth-order valence-corrected chi connectivity index (χ4v) is 4.26. The zero-order valence-corrected chi connectivity index (χ0v) is 16.0. The van der Waals surface area contributed by atoms with Gasteiger partial charge >= 0.3 is 5.69 Å². The highest BCUT2D eigenvalue weighted by atomic mass is 79.9. The van der Waals surface area contributed by atoms with Crippen molar-refractivity contribution >= 4 is 38.6 Å². The van der Waals surface area contributed by atoms with Crippen molar-refractivity contribution in [3.05, 3.63) is 45.5 Å². The highest BCUT2D eigenvalue weighted by Gasteiger charge is 2.29. The molecule has 1 saturated carbocycles. The second-order valence-corrected chi connectivity index (χ2v) is 7.69. The number of nitrogens with one attached hydrogen (secondary N) is 2. The summed E-state index contributed by atoms with van der Waals surface area (Å²) in [5.74, 6) is 0.00423. The average molecular weight is 418 g/mol. The summed E-state index contributed by atoms with van der Waals surface area (Å²) in [4.78, 5) is 27.8. The van der Waals surface area contributed by atoms with E-state index in [-0.39, 0.29) is 23.6 Å². The molecule has 3 aromatic rings. The van der Waals surface area contributed by atoms with Crippen LogP contribution in [-0.4, -0.2) is 25.2 Å². The van der Waals surface area contributed by atoms with E-state index in [9.17, 15) is 9.59 Å². The number of aromatic amines is 1. The first kappa shape index (κ1) is 17.1. The van der Waals surface area contributed by atoms with Crippen molar-refractivity contribution in [2.75, 3.05) is 5.32 Å². The third-order valence-electron chi connectivity index (χ3n) is 5.11. The van der Waals surface area contributed by atoms with Gasteiger partial charge in [0, 0.05) is 29.7 Å². The van der Waals surface area contributed by atoms with Gasteiger partial charge in [-0.15, -0.1) is 0 Å². The molecule has 1 aliphatic carbocycles. The third kappa shape index (κ3) is 3.09. The fraction of sp³-hybridized carbons (Fsp3) is 0.389. The lowest BCUT2D eigenvalue weighted by atomic mass is 9.85. The fourth-order valence-electron chi connectivity index (χ4n) is 3.80. The summed E-state index contributed by atoms with van der Waals surface area (Å²) >= 11 is 3.49. The summed E-state index contributed by atoms with van der Waals surface area (Å²) in [5.41, 5.74) is 2.37. The smallest absolute Gasteiger partial charge is 0.323 e. The van der Waals surface area contributed by atoms with Crippen LogP contribution in [0.4, 0.5) is 5.69 Å². The molecule has 2 heterocycles. The van der Waals surface area contributed by atoms with Crippen molar-refractivity contribution in [2.45, 2.75) is 31.7 Å². The number of H-pyrrole nitrogens is 1. The van der Waals surface area contributed by atoms with Crippen LogP contribution in [0.2, 0.25) is 0 Å². The molecule has 1 aromatic carbocycles. The second-order valence-electron chi connectivity index (χ2n) is 6.83. The molecule has 0 atom stereocenters. The molecule has 0 radical (unpaired) electrons. The monoisotopic (exact) mass is 417 g/mol. The van der Waals surface area contributed by atoms with Crippen LogP contribution in [0.5, 0.6) is 0 Å². The molecule has 0 bridgehead atoms. The molecular formula is C18H20BrN5O2. The number of hydrogen-bond donors (Lipinski definition) is 2. The second kappa shape index (κ2) is 6.75. The van der Waals surface area contributed by atoms with E-state index in [1.54, 1.807) is 17.1 Å². The number of aryl methyl sites for hydroxylation is 1. The van der Waals surface area contributed by atoms with Gasteiger partial charge in [-0.1, -0.05) is 6.07 Å². The number of aromatic nitrogens is 4. The van der Waals surface area contributed by atoms with E-state index in [1.165, 1.54) is 0 Å². The van der Waals surface area contributed by atoms with Crippen LogP contribution in [0.25, 0.3) is 11.0 Å². The van der Waals surface area contributed by atoms with Gasteiger partial charge in [0.1, 0.15) is 0 Å². The highest BCUT2D eigenvalue weighted by molar-refractivity contribution is 9.10. The van der Waals surface area contributed by atoms with Gasteiger partial charge in [-0.3, -0.25) is 14.0 Å². The summed E-state index contributed by atoms with van der Waals surface area (Å²) in [7, 11) is 1.82. The molecular weight excluding hydrogens is 398 g/mol. The van der Waals surface area contributed by atoms with Crippen LogP contribution in [0.1, 0.15) is 31.7 Å². The van der Waals surface area contributed by atoms with Crippen molar-refractivity contribution in [3.63, 3.8) is 0 Å². The number of imidazole rings is 1.